The number of hydrogen-bond donors (Lipinski definition) is 2. The first kappa shape index (κ1) is 14.8. The van der Waals surface area contributed by atoms with Crippen LogP contribution in [-0.2, 0) is 11.0 Å². The molecule has 0 aromatic heterocycles. The van der Waals surface area contributed by atoms with E-state index in [-0.39, 0.29) is 15.8 Å². The second-order valence-corrected chi connectivity index (χ2v) is 4.17. The molecule has 4 nitrogen and oxygen atoms in total. The molecule has 0 amide bonds. The third kappa shape index (κ3) is 2.94. The number of ether oxygens (including phenoxy) is 1. The highest BCUT2D eigenvalue weighted by molar-refractivity contribution is 9.10. The fraction of sp³-hybridized carbons (Fsp3) is 0.300. The molecule has 8 heteroatoms. The van der Waals surface area contributed by atoms with Gasteiger partial charge in [0, 0.05) is 10.0 Å². The van der Waals surface area contributed by atoms with E-state index in [2.05, 4.69) is 20.7 Å². The van der Waals surface area contributed by atoms with Gasteiger partial charge >= 0.3 is 12.1 Å². The molecule has 1 aromatic rings. The Morgan fingerprint density at radius 3 is 2.39 bits per heavy atom. The molecule has 0 heterocycles. The zero-order valence-corrected chi connectivity index (χ0v) is 10.5. The van der Waals surface area contributed by atoms with Gasteiger partial charge in [-0.3, -0.25) is 0 Å². The maximum atomic E-state index is 12.5. The van der Waals surface area contributed by atoms with Gasteiger partial charge in [-0.1, -0.05) is 15.9 Å². The third-order valence-electron chi connectivity index (χ3n) is 2.15. The molecule has 1 rings (SSSR count). The minimum Gasteiger partial charge on any atom is -0.496 e. The topological polar surface area (TPSA) is 66.8 Å². The van der Waals surface area contributed by atoms with Crippen molar-refractivity contribution in [3.63, 3.8) is 0 Å². The number of halogens is 4. The number of alkyl halides is 3. The van der Waals surface area contributed by atoms with Crippen molar-refractivity contribution in [2.45, 2.75) is 12.3 Å². The van der Waals surface area contributed by atoms with Crippen molar-refractivity contribution in [1.29, 1.82) is 0 Å². The number of aliphatic hydroxyl groups excluding tert-OH is 1. The number of carbonyl (C=O) groups is 1. The van der Waals surface area contributed by atoms with Crippen LogP contribution in [0, 0.1) is 0 Å². The van der Waals surface area contributed by atoms with Crippen molar-refractivity contribution in [2.24, 2.45) is 0 Å². The van der Waals surface area contributed by atoms with Crippen molar-refractivity contribution in [3.8, 4) is 5.75 Å². The first-order valence-electron chi connectivity index (χ1n) is 4.54. The number of aliphatic carboxylic acids is 1. The molecule has 2 N–H and O–H groups in total. The normalized spacial score (nSPS) is 13.2. The van der Waals surface area contributed by atoms with Crippen molar-refractivity contribution in [3.05, 3.63) is 27.7 Å². The molecule has 0 saturated carbocycles. The highest BCUT2D eigenvalue weighted by Gasteiger charge is 2.34. The van der Waals surface area contributed by atoms with Crippen LogP contribution in [0.5, 0.6) is 5.75 Å². The number of aliphatic hydroxyl groups is 1. The van der Waals surface area contributed by atoms with E-state index < -0.39 is 23.8 Å². The zero-order chi connectivity index (χ0) is 14.1. The summed E-state index contributed by atoms with van der Waals surface area (Å²) in [6.07, 6.45) is -6.57. The van der Waals surface area contributed by atoms with E-state index in [4.69, 9.17) is 5.11 Å². The van der Waals surface area contributed by atoms with Crippen LogP contribution in [0.3, 0.4) is 0 Å². The van der Waals surface area contributed by atoms with Crippen LogP contribution in [0.25, 0.3) is 0 Å². The Labute approximate surface area is 108 Å². The summed E-state index contributed by atoms with van der Waals surface area (Å²) in [6, 6.07) is 1.32. The van der Waals surface area contributed by atoms with Crippen molar-refractivity contribution >= 4 is 21.9 Å². The van der Waals surface area contributed by atoms with Crippen molar-refractivity contribution in [1.82, 2.24) is 0 Å². The molecule has 1 unspecified atom stereocenters. The summed E-state index contributed by atoms with van der Waals surface area (Å²) in [5.74, 6) is -1.94. The van der Waals surface area contributed by atoms with Gasteiger partial charge in [-0.2, -0.15) is 13.2 Å². The Balaban J connectivity index is 3.42. The lowest BCUT2D eigenvalue weighted by atomic mass is 10.0. The minimum absolute atomic E-state index is 0.191. The van der Waals surface area contributed by atoms with Crippen LogP contribution >= 0.6 is 15.9 Å². The highest BCUT2D eigenvalue weighted by Crippen LogP contribution is 2.39. The second-order valence-electron chi connectivity index (χ2n) is 3.31. The fourth-order valence-corrected chi connectivity index (χ4v) is 1.97. The predicted molar refractivity (Wildman–Crippen MR) is 58.3 cm³/mol. The van der Waals surface area contributed by atoms with E-state index in [1.807, 2.05) is 0 Å². The molecule has 100 valence electrons. The Morgan fingerprint density at radius 2 is 2.00 bits per heavy atom. The molecule has 0 radical (unpaired) electrons. The van der Waals surface area contributed by atoms with E-state index in [0.29, 0.717) is 12.1 Å². The summed E-state index contributed by atoms with van der Waals surface area (Å²) >= 11 is 2.80. The monoisotopic (exact) mass is 328 g/mol. The minimum atomic E-state index is -4.59. The van der Waals surface area contributed by atoms with Crippen LogP contribution in [-0.4, -0.2) is 23.3 Å². The first-order valence-corrected chi connectivity index (χ1v) is 5.33. The number of methoxy groups -OCH3 is 1. The van der Waals surface area contributed by atoms with Gasteiger partial charge in [0.25, 0.3) is 0 Å². The van der Waals surface area contributed by atoms with E-state index in [9.17, 15) is 23.1 Å². The maximum Gasteiger partial charge on any atom is 0.416 e. The van der Waals surface area contributed by atoms with Crippen LogP contribution in [0.15, 0.2) is 16.6 Å². The van der Waals surface area contributed by atoms with Crippen molar-refractivity contribution < 1.29 is 32.9 Å². The van der Waals surface area contributed by atoms with Gasteiger partial charge in [0.05, 0.1) is 12.7 Å². The Bertz CT molecular complexity index is 473. The van der Waals surface area contributed by atoms with Gasteiger partial charge in [0.2, 0.25) is 0 Å². The van der Waals surface area contributed by atoms with Gasteiger partial charge in [-0.15, -0.1) is 0 Å². The quantitative estimate of drug-likeness (QED) is 0.895. The van der Waals surface area contributed by atoms with Gasteiger partial charge in [0.1, 0.15) is 5.75 Å². The standard InChI is InChI=1S/C10H8BrF3O4/c1-18-6-3-4(10(12,13)14)2-5(11)7(6)8(15)9(16)17/h2-3,8,15H,1H3,(H,16,17). The van der Waals surface area contributed by atoms with Crippen LogP contribution in [0.2, 0.25) is 0 Å². The lowest BCUT2D eigenvalue weighted by molar-refractivity contribution is -0.147. The summed E-state index contributed by atoms with van der Waals surface area (Å²) in [6.45, 7) is 0. The summed E-state index contributed by atoms with van der Waals surface area (Å²) in [7, 11) is 1.08. The average Bonchev–Trinajstić information content (AvgIpc) is 2.25. The number of rotatable bonds is 3. The zero-order valence-electron chi connectivity index (χ0n) is 8.95. The Hall–Kier alpha value is -1.28. The Kier molecular flexibility index (Phi) is 4.23. The second kappa shape index (κ2) is 5.15. The lowest BCUT2D eigenvalue weighted by Gasteiger charge is -2.16. The van der Waals surface area contributed by atoms with E-state index in [0.717, 1.165) is 7.11 Å². The van der Waals surface area contributed by atoms with Gasteiger partial charge in [-0.05, 0) is 12.1 Å². The fourth-order valence-electron chi connectivity index (χ4n) is 1.31. The molecule has 18 heavy (non-hydrogen) atoms. The molecule has 0 aliphatic heterocycles. The van der Waals surface area contributed by atoms with Gasteiger partial charge in [-0.25, -0.2) is 4.79 Å². The molecule has 0 fully saturated rings. The van der Waals surface area contributed by atoms with Crippen molar-refractivity contribution in [2.75, 3.05) is 7.11 Å². The van der Waals surface area contributed by atoms with Crippen LogP contribution < -0.4 is 4.74 Å². The lowest BCUT2D eigenvalue weighted by Crippen LogP contribution is -2.14. The summed E-state index contributed by atoms with van der Waals surface area (Å²) in [5, 5.41) is 18.1. The molecule has 0 aliphatic carbocycles. The Morgan fingerprint density at radius 1 is 1.44 bits per heavy atom. The number of carboxylic acid groups (broad SMARTS) is 1. The SMILES string of the molecule is COc1cc(C(F)(F)F)cc(Br)c1C(O)C(=O)O. The number of carboxylic acids is 1. The average molecular weight is 329 g/mol. The van der Waals surface area contributed by atoms with Crippen LogP contribution in [0.1, 0.15) is 17.2 Å². The largest absolute Gasteiger partial charge is 0.496 e. The summed E-state index contributed by atoms with van der Waals surface area (Å²) in [4.78, 5) is 10.7. The molecule has 1 atom stereocenters. The predicted octanol–water partition coefficient (Wildman–Crippen LogP) is 2.59. The van der Waals surface area contributed by atoms with E-state index >= 15 is 0 Å². The van der Waals surface area contributed by atoms with Crippen LogP contribution in [0.4, 0.5) is 13.2 Å². The van der Waals surface area contributed by atoms with E-state index in [1.165, 1.54) is 0 Å². The molecule has 0 bridgehead atoms. The molecular formula is C10H8BrF3O4. The molecule has 0 aliphatic rings. The molecule has 0 spiro atoms. The maximum absolute atomic E-state index is 12.5. The molecule has 0 saturated heterocycles. The smallest absolute Gasteiger partial charge is 0.416 e. The first-order chi connectivity index (χ1) is 8.18. The molecular weight excluding hydrogens is 321 g/mol. The summed E-state index contributed by atoms with van der Waals surface area (Å²) in [5.41, 5.74) is -1.27. The highest BCUT2D eigenvalue weighted by atomic mass is 79.9. The third-order valence-corrected chi connectivity index (χ3v) is 2.80. The summed E-state index contributed by atoms with van der Waals surface area (Å²) < 4.78 is 42.1. The van der Waals surface area contributed by atoms with Gasteiger partial charge in [0.15, 0.2) is 6.10 Å². The van der Waals surface area contributed by atoms with E-state index in [1.54, 1.807) is 0 Å². The number of benzene rings is 1. The van der Waals surface area contributed by atoms with Gasteiger partial charge < -0.3 is 14.9 Å². The number of hydrogen-bond acceptors (Lipinski definition) is 3. The molecule has 1 aromatic carbocycles.